The SMILES string of the molecule is CCNC(c1cscc1Br)C1CC1C. The highest BCUT2D eigenvalue weighted by atomic mass is 79.9. The van der Waals surface area contributed by atoms with E-state index in [1.165, 1.54) is 16.5 Å². The molecular formula is C11H16BrNS. The molecule has 0 radical (unpaired) electrons. The quantitative estimate of drug-likeness (QED) is 0.880. The van der Waals surface area contributed by atoms with Gasteiger partial charge in [-0.1, -0.05) is 13.8 Å². The molecule has 0 saturated heterocycles. The maximum atomic E-state index is 3.62. The van der Waals surface area contributed by atoms with Crippen molar-refractivity contribution >= 4 is 27.3 Å². The van der Waals surface area contributed by atoms with Crippen LogP contribution >= 0.6 is 27.3 Å². The summed E-state index contributed by atoms with van der Waals surface area (Å²) in [6.45, 7) is 5.58. The molecule has 0 bridgehead atoms. The zero-order chi connectivity index (χ0) is 10.1. The van der Waals surface area contributed by atoms with Crippen LogP contribution in [0.1, 0.15) is 31.9 Å². The molecule has 3 atom stereocenters. The average molecular weight is 274 g/mol. The van der Waals surface area contributed by atoms with E-state index in [2.05, 4.69) is 45.9 Å². The van der Waals surface area contributed by atoms with Gasteiger partial charge in [0.05, 0.1) is 0 Å². The summed E-state index contributed by atoms with van der Waals surface area (Å²) in [7, 11) is 0. The summed E-state index contributed by atoms with van der Waals surface area (Å²) in [5.74, 6) is 1.74. The van der Waals surface area contributed by atoms with Gasteiger partial charge in [0.25, 0.3) is 0 Å². The molecule has 1 aliphatic carbocycles. The molecule has 3 unspecified atom stereocenters. The van der Waals surface area contributed by atoms with Gasteiger partial charge in [0.15, 0.2) is 0 Å². The molecule has 1 aliphatic rings. The smallest absolute Gasteiger partial charge is 0.0370 e. The topological polar surface area (TPSA) is 12.0 Å². The van der Waals surface area contributed by atoms with Gasteiger partial charge in [0, 0.05) is 15.9 Å². The van der Waals surface area contributed by atoms with Crippen LogP contribution in [0.5, 0.6) is 0 Å². The second kappa shape index (κ2) is 4.33. The van der Waals surface area contributed by atoms with E-state index >= 15 is 0 Å². The number of halogens is 1. The predicted molar refractivity (Wildman–Crippen MR) is 65.7 cm³/mol. The van der Waals surface area contributed by atoms with Gasteiger partial charge in [-0.15, -0.1) is 0 Å². The van der Waals surface area contributed by atoms with E-state index in [9.17, 15) is 0 Å². The molecule has 1 N–H and O–H groups in total. The molecule has 78 valence electrons. The summed E-state index contributed by atoms with van der Waals surface area (Å²) < 4.78 is 1.27. The minimum atomic E-state index is 0.565. The Labute approximate surface area is 98.0 Å². The molecule has 0 aliphatic heterocycles. The fourth-order valence-corrected chi connectivity index (χ4v) is 3.62. The lowest BCUT2D eigenvalue weighted by Crippen LogP contribution is -2.23. The monoisotopic (exact) mass is 273 g/mol. The second-order valence-electron chi connectivity index (χ2n) is 4.09. The van der Waals surface area contributed by atoms with Crippen LogP contribution < -0.4 is 5.32 Å². The van der Waals surface area contributed by atoms with Crippen LogP contribution in [-0.2, 0) is 0 Å². The van der Waals surface area contributed by atoms with Crippen molar-refractivity contribution in [1.82, 2.24) is 5.32 Å². The molecule has 14 heavy (non-hydrogen) atoms. The third-order valence-electron chi connectivity index (χ3n) is 3.00. The Morgan fingerprint density at radius 1 is 1.64 bits per heavy atom. The summed E-state index contributed by atoms with van der Waals surface area (Å²) >= 11 is 5.40. The first-order valence-electron chi connectivity index (χ1n) is 5.19. The third-order valence-corrected chi connectivity index (χ3v) is 4.75. The normalized spacial score (nSPS) is 27.6. The van der Waals surface area contributed by atoms with Crippen LogP contribution in [0.3, 0.4) is 0 Å². The van der Waals surface area contributed by atoms with Gasteiger partial charge in [0.2, 0.25) is 0 Å². The molecular weight excluding hydrogens is 258 g/mol. The molecule has 1 nitrogen and oxygen atoms in total. The third kappa shape index (κ3) is 2.05. The molecule has 2 rings (SSSR count). The van der Waals surface area contributed by atoms with Crippen LogP contribution in [0.25, 0.3) is 0 Å². The van der Waals surface area contributed by atoms with E-state index in [0.29, 0.717) is 6.04 Å². The van der Waals surface area contributed by atoms with Gasteiger partial charge in [-0.3, -0.25) is 0 Å². The molecule has 3 heteroatoms. The number of hydrogen-bond donors (Lipinski definition) is 1. The van der Waals surface area contributed by atoms with Crippen LogP contribution in [0.15, 0.2) is 15.2 Å². The molecule has 0 aromatic carbocycles. The van der Waals surface area contributed by atoms with Crippen molar-refractivity contribution in [3.8, 4) is 0 Å². The van der Waals surface area contributed by atoms with Gasteiger partial charge in [-0.2, -0.15) is 11.3 Å². The second-order valence-corrected chi connectivity index (χ2v) is 5.69. The first-order chi connectivity index (χ1) is 6.74. The van der Waals surface area contributed by atoms with Crippen LogP contribution in [0.4, 0.5) is 0 Å². The van der Waals surface area contributed by atoms with Crippen molar-refractivity contribution < 1.29 is 0 Å². The Hall–Kier alpha value is 0.140. The Balaban J connectivity index is 2.14. The molecule has 1 aromatic heterocycles. The van der Waals surface area contributed by atoms with E-state index in [1.54, 1.807) is 11.3 Å². The van der Waals surface area contributed by atoms with Crippen molar-refractivity contribution in [2.24, 2.45) is 11.8 Å². The van der Waals surface area contributed by atoms with Gasteiger partial charge in [-0.25, -0.2) is 0 Å². The van der Waals surface area contributed by atoms with Crippen molar-refractivity contribution in [1.29, 1.82) is 0 Å². The van der Waals surface area contributed by atoms with Crippen LogP contribution in [0, 0.1) is 11.8 Å². The highest BCUT2D eigenvalue weighted by Crippen LogP contribution is 2.48. The molecule has 1 heterocycles. The summed E-state index contributed by atoms with van der Waals surface area (Å²) in [6.07, 6.45) is 1.37. The highest BCUT2D eigenvalue weighted by Gasteiger charge is 2.40. The minimum absolute atomic E-state index is 0.565. The molecule has 0 amide bonds. The highest BCUT2D eigenvalue weighted by molar-refractivity contribution is 9.10. The fourth-order valence-electron chi connectivity index (χ4n) is 2.04. The van der Waals surface area contributed by atoms with Crippen molar-refractivity contribution in [2.45, 2.75) is 26.3 Å². The van der Waals surface area contributed by atoms with Crippen LogP contribution in [0.2, 0.25) is 0 Å². The largest absolute Gasteiger partial charge is 0.310 e. The Morgan fingerprint density at radius 3 is 2.79 bits per heavy atom. The number of rotatable bonds is 4. The van der Waals surface area contributed by atoms with Crippen molar-refractivity contribution in [2.75, 3.05) is 6.54 Å². The minimum Gasteiger partial charge on any atom is -0.310 e. The van der Waals surface area contributed by atoms with E-state index in [1.807, 2.05) is 0 Å². The summed E-state index contributed by atoms with van der Waals surface area (Å²) in [5, 5.41) is 8.03. The molecule has 1 aromatic rings. The Kier molecular flexibility index (Phi) is 3.30. The molecule has 1 fully saturated rings. The van der Waals surface area contributed by atoms with E-state index in [0.717, 1.165) is 18.4 Å². The molecule has 1 saturated carbocycles. The van der Waals surface area contributed by atoms with Crippen molar-refractivity contribution in [3.05, 3.63) is 20.8 Å². The lowest BCUT2D eigenvalue weighted by molar-refractivity contribution is 0.475. The summed E-state index contributed by atoms with van der Waals surface area (Å²) in [4.78, 5) is 0. The van der Waals surface area contributed by atoms with E-state index < -0.39 is 0 Å². The lowest BCUT2D eigenvalue weighted by Gasteiger charge is -2.17. The van der Waals surface area contributed by atoms with E-state index in [-0.39, 0.29) is 0 Å². The van der Waals surface area contributed by atoms with E-state index in [4.69, 9.17) is 0 Å². The fraction of sp³-hybridized carbons (Fsp3) is 0.636. The first kappa shape index (κ1) is 10.7. The zero-order valence-electron chi connectivity index (χ0n) is 8.59. The van der Waals surface area contributed by atoms with Crippen LogP contribution in [-0.4, -0.2) is 6.54 Å². The van der Waals surface area contributed by atoms with Gasteiger partial charge in [-0.05, 0) is 51.7 Å². The molecule has 0 spiro atoms. The number of hydrogen-bond acceptors (Lipinski definition) is 2. The zero-order valence-corrected chi connectivity index (χ0v) is 11.0. The maximum Gasteiger partial charge on any atom is 0.0370 e. The standard InChI is InChI=1S/C11H16BrNS/c1-3-13-11(8-4-7(8)2)9-5-14-6-10(9)12/h5-8,11,13H,3-4H2,1-2H3. The van der Waals surface area contributed by atoms with Crippen molar-refractivity contribution in [3.63, 3.8) is 0 Å². The summed E-state index contributed by atoms with van der Waals surface area (Å²) in [6, 6.07) is 0.565. The lowest BCUT2D eigenvalue weighted by atomic mass is 10.0. The Bertz CT molecular complexity index is 310. The maximum absolute atomic E-state index is 3.62. The summed E-state index contributed by atoms with van der Waals surface area (Å²) in [5.41, 5.74) is 1.45. The number of thiophene rings is 1. The predicted octanol–water partition coefficient (Wildman–Crippen LogP) is 3.82. The average Bonchev–Trinajstić information content (AvgIpc) is 2.71. The van der Waals surface area contributed by atoms with Gasteiger partial charge in [0.1, 0.15) is 0 Å². The Morgan fingerprint density at radius 2 is 2.36 bits per heavy atom. The van der Waals surface area contributed by atoms with Gasteiger partial charge >= 0.3 is 0 Å². The number of nitrogens with one attached hydrogen (secondary N) is 1. The van der Waals surface area contributed by atoms with Gasteiger partial charge < -0.3 is 5.32 Å². The first-order valence-corrected chi connectivity index (χ1v) is 6.92.